The van der Waals surface area contributed by atoms with Crippen LogP contribution in [-0.4, -0.2) is 34.1 Å². The Labute approximate surface area is 96.6 Å². The van der Waals surface area contributed by atoms with E-state index in [1.807, 2.05) is 0 Å². The molecular formula is C6H13N3O6P2. The lowest BCUT2D eigenvalue weighted by atomic mass is 10.4. The molecule has 0 saturated carbocycles. The molecule has 98 valence electrons. The highest BCUT2D eigenvalue weighted by atomic mass is 31.2. The van der Waals surface area contributed by atoms with Crippen molar-refractivity contribution in [2.24, 2.45) is 12.8 Å². The van der Waals surface area contributed by atoms with Crippen molar-refractivity contribution in [1.29, 1.82) is 0 Å². The van der Waals surface area contributed by atoms with Crippen LogP contribution in [0.3, 0.4) is 0 Å². The van der Waals surface area contributed by atoms with Crippen LogP contribution in [0.1, 0.15) is 5.82 Å². The normalized spacial score (nSPS) is 14.0. The van der Waals surface area contributed by atoms with Crippen LogP contribution in [0.2, 0.25) is 0 Å². The van der Waals surface area contributed by atoms with Gasteiger partial charge in [-0.1, -0.05) is 0 Å². The number of hydrogen-bond donors (Lipinski definition) is 5. The molecule has 1 aromatic rings. The lowest BCUT2D eigenvalue weighted by Gasteiger charge is -2.30. The minimum Gasteiger partial charge on any atom is -0.338 e. The summed E-state index contributed by atoms with van der Waals surface area (Å²) < 4.78 is 23.7. The maximum absolute atomic E-state index is 11.2. The third-order valence-electron chi connectivity index (χ3n) is 2.35. The van der Waals surface area contributed by atoms with E-state index in [0.717, 1.165) is 0 Å². The first-order valence-corrected chi connectivity index (χ1v) is 7.58. The van der Waals surface area contributed by atoms with Gasteiger partial charge in [-0.05, 0) is 0 Å². The minimum absolute atomic E-state index is 0.0687. The van der Waals surface area contributed by atoms with Crippen LogP contribution in [0.5, 0.6) is 0 Å². The molecule has 0 radical (unpaired) electrons. The van der Waals surface area contributed by atoms with Crippen molar-refractivity contribution in [1.82, 2.24) is 9.55 Å². The molecule has 0 bridgehead atoms. The number of nitrogens with two attached hydrogens (primary N) is 1. The van der Waals surface area contributed by atoms with Gasteiger partial charge in [0.25, 0.3) is 0 Å². The fourth-order valence-electron chi connectivity index (χ4n) is 1.18. The van der Waals surface area contributed by atoms with E-state index >= 15 is 0 Å². The number of nitrogens with zero attached hydrogens (tertiary/aromatic N) is 2. The summed E-state index contributed by atoms with van der Waals surface area (Å²) in [7, 11) is -8.90. The van der Waals surface area contributed by atoms with Crippen LogP contribution in [0.25, 0.3) is 0 Å². The van der Waals surface area contributed by atoms with Crippen molar-refractivity contribution < 1.29 is 28.7 Å². The van der Waals surface area contributed by atoms with Gasteiger partial charge >= 0.3 is 15.2 Å². The predicted molar refractivity (Wildman–Crippen MR) is 57.9 cm³/mol. The Kier molecular flexibility index (Phi) is 3.67. The minimum atomic E-state index is -5.21. The molecule has 1 aromatic heterocycles. The predicted octanol–water partition coefficient (Wildman–Crippen LogP) is -1.07. The van der Waals surface area contributed by atoms with E-state index in [-0.39, 0.29) is 5.82 Å². The van der Waals surface area contributed by atoms with Crippen molar-refractivity contribution in [2.75, 3.05) is 0 Å². The first kappa shape index (κ1) is 14.5. The Morgan fingerprint density at radius 1 is 1.35 bits per heavy atom. The van der Waals surface area contributed by atoms with Crippen molar-refractivity contribution in [3.63, 3.8) is 0 Å². The van der Waals surface area contributed by atoms with Gasteiger partial charge in [-0.25, -0.2) is 4.98 Å². The second-order valence-corrected chi connectivity index (χ2v) is 7.72. The Morgan fingerprint density at radius 3 is 2.12 bits per heavy atom. The van der Waals surface area contributed by atoms with Gasteiger partial charge < -0.3 is 29.9 Å². The van der Waals surface area contributed by atoms with Crippen molar-refractivity contribution in [2.45, 2.75) is 11.4 Å². The molecule has 17 heavy (non-hydrogen) atoms. The van der Waals surface area contributed by atoms with Crippen LogP contribution in [0, 0.1) is 0 Å². The van der Waals surface area contributed by atoms with Crippen LogP contribution in [0.15, 0.2) is 12.4 Å². The summed E-state index contributed by atoms with van der Waals surface area (Å²) in [5.41, 5.74) is 5.23. The highest BCUT2D eigenvalue weighted by Crippen LogP contribution is 2.66. The summed E-state index contributed by atoms with van der Waals surface area (Å²) in [6, 6.07) is 0. The van der Waals surface area contributed by atoms with Crippen LogP contribution in [-0.2, 0) is 22.6 Å². The molecule has 1 rings (SSSR count). The molecule has 0 spiro atoms. The maximum Gasteiger partial charge on any atom is 0.358 e. The quantitative estimate of drug-likeness (QED) is 0.437. The molecule has 0 aromatic carbocycles. The van der Waals surface area contributed by atoms with Gasteiger partial charge in [0.15, 0.2) is 0 Å². The lowest BCUT2D eigenvalue weighted by molar-refractivity contribution is 0.305. The number of hydrogen-bond acceptors (Lipinski definition) is 4. The third-order valence-corrected chi connectivity index (χ3v) is 6.25. The Morgan fingerprint density at radius 2 is 1.82 bits per heavy atom. The zero-order valence-electron chi connectivity index (χ0n) is 8.83. The molecule has 0 aliphatic rings. The van der Waals surface area contributed by atoms with E-state index in [0.29, 0.717) is 0 Å². The second-order valence-electron chi connectivity index (χ2n) is 3.60. The largest absolute Gasteiger partial charge is 0.358 e. The molecule has 6 N–H and O–H groups in total. The molecule has 0 atom stereocenters. The van der Waals surface area contributed by atoms with Gasteiger partial charge in [-0.3, -0.25) is 9.13 Å². The number of aromatic nitrogens is 2. The summed E-state index contributed by atoms with van der Waals surface area (Å²) in [4.78, 5) is 39.8. The summed E-state index contributed by atoms with van der Waals surface area (Å²) in [5, 5.41) is -2.96. The summed E-state index contributed by atoms with van der Waals surface area (Å²) in [6.07, 6.45) is 2.06. The molecule has 0 aliphatic heterocycles. The average Bonchev–Trinajstić information content (AvgIpc) is 2.47. The maximum atomic E-state index is 11.2. The van der Waals surface area contributed by atoms with Crippen molar-refractivity contribution in [3.8, 4) is 0 Å². The van der Waals surface area contributed by atoms with Gasteiger partial charge in [-0.2, -0.15) is 0 Å². The number of aryl methyl sites for hydroxylation is 1. The molecule has 9 nitrogen and oxygen atoms in total. The number of rotatable bonds is 4. The van der Waals surface area contributed by atoms with E-state index in [2.05, 4.69) is 4.98 Å². The molecule has 0 unspecified atom stereocenters. The van der Waals surface area contributed by atoms with Gasteiger partial charge in [0, 0.05) is 25.9 Å². The SMILES string of the molecule is Cn1ccnc1CC(N)(P(=O)(O)O)P(=O)(O)O. The molecule has 0 amide bonds. The zero-order chi connectivity index (χ0) is 13.5. The molecule has 11 heteroatoms. The second kappa shape index (κ2) is 4.29. The third kappa shape index (κ3) is 2.66. The number of imidazole rings is 1. The standard InChI is InChI=1S/C6H13N3O6P2/c1-9-3-2-8-5(9)4-6(7,16(10,11)12)17(13,14)15/h2-3H,4,7H2,1H3,(H2,10,11,12)(H2,13,14,15). The first-order chi connectivity index (χ1) is 7.49. The summed E-state index contributed by atoms with van der Waals surface area (Å²) in [6.45, 7) is 0. The molecule has 0 saturated heterocycles. The smallest absolute Gasteiger partial charge is 0.338 e. The van der Waals surface area contributed by atoms with Crippen LogP contribution < -0.4 is 5.73 Å². The topological polar surface area (TPSA) is 159 Å². The van der Waals surface area contributed by atoms with E-state index in [1.165, 1.54) is 24.0 Å². The Balaban J connectivity index is 3.25. The summed E-state index contributed by atoms with van der Waals surface area (Å²) in [5.74, 6) is 0.0687. The average molecular weight is 285 g/mol. The van der Waals surface area contributed by atoms with E-state index in [1.54, 1.807) is 0 Å². The zero-order valence-corrected chi connectivity index (χ0v) is 10.6. The monoisotopic (exact) mass is 285 g/mol. The lowest BCUT2D eigenvalue weighted by Crippen LogP contribution is -2.42. The summed E-state index contributed by atoms with van der Waals surface area (Å²) >= 11 is 0. The molecular weight excluding hydrogens is 272 g/mol. The van der Waals surface area contributed by atoms with Gasteiger partial charge in [0.2, 0.25) is 5.02 Å². The molecule has 0 fully saturated rings. The highest BCUT2D eigenvalue weighted by molar-refractivity contribution is 7.72. The van der Waals surface area contributed by atoms with E-state index < -0.39 is 26.6 Å². The Bertz CT molecular complexity index is 480. The van der Waals surface area contributed by atoms with Crippen LogP contribution in [0.4, 0.5) is 0 Å². The van der Waals surface area contributed by atoms with Crippen molar-refractivity contribution in [3.05, 3.63) is 18.2 Å². The van der Waals surface area contributed by atoms with Gasteiger partial charge in [-0.15, -0.1) is 0 Å². The van der Waals surface area contributed by atoms with Gasteiger partial charge in [0.05, 0.1) is 0 Å². The van der Waals surface area contributed by atoms with Gasteiger partial charge in [0.1, 0.15) is 5.82 Å². The molecule has 1 heterocycles. The Hall–Kier alpha value is -0.530. The van der Waals surface area contributed by atoms with E-state index in [4.69, 9.17) is 25.3 Å². The molecule has 0 aliphatic carbocycles. The van der Waals surface area contributed by atoms with Crippen LogP contribution >= 0.6 is 15.2 Å². The first-order valence-electron chi connectivity index (χ1n) is 4.35. The fraction of sp³-hybridized carbons (Fsp3) is 0.500. The highest BCUT2D eigenvalue weighted by Gasteiger charge is 2.57. The van der Waals surface area contributed by atoms with E-state index in [9.17, 15) is 9.13 Å². The fourth-order valence-corrected chi connectivity index (χ4v) is 3.23. The van der Waals surface area contributed by atoms with Crippen molar-refractivity contribution >= 4 is 15.2 Å².